The van der Waals surface area contributed by atoms with Crippen LogP contribution in [0.5, 0.6) is 11.5 Å². The van der Waals surface area contributed by atoms with E-state index in [0.717, 1.165) is 45.6 Å². The summed E-state index contributed by atoms with van der Waals surface area (Å²) in [5.41, 5.74) is 26.9. The van der Waals surface area contributed by atoms with Gasteiger partial charge in [-0.2, -0.15) is 5.26 Å². The lowest BCUT2D eigenvalue weighted by Gasteiger charge is -2.28. The van der Waals surface area contributed by atoms with Gasteiger partial charge in [0.2, 0.25) is 0 Å². The van der Waals surface area contributed by atoms with E-state index >= 15 is 0 Å². The van der Waals surface area contributed by atoms with Crippen molar-refractivity contribution in [3.8, 4) is 50.9 Å². The van der Waals surface area contributed by atoms with E-state index in [1.165, 1.54) is 89.0 Å². The zero-order valence-electron chi connectivity index (χ0n) is 48.0. The normalized spacial score (nSPS) is 14.2. The summed E-state index contributed by atoms with van der Waals surface area (Å²) < 4.78 is 11.0. The molecule has 13 rings (SSSR count). The smallest absolute Gasteiger partial charge is 0.187 e. The van der Waals surface area contributed by atoms with Crippen molar-refractivity contribution < 1.29 is 9.47 Å². The lowest BCUT2D eigenvalue weighted by molar-refractivity contribution is 0.414. The van der Waals surface area contributed by atoms with Crippen LogP contribution < -0.4 is 19.3 Å². The Kier molecular flexibility index (Phi) is 12.7. The standard InChI is InChI=1S/C77H62N4O2/c1-75(2)69-42-49(10-12-51-18-38-65-67-40-30-59(46-73(67)76(3,4)71(65)44-51)80(55-22-14-53(48-78)15-23-55)57-26-32-61(82-8)33-27-57)16-36-63(69)64-37-17-50(43-70(64)75)11-13-52-19-39-66-68-41-31-60(47-74(68)77(5,6)72(66)45-52)81(56-24-20-54(79-7)21-25-56)58-28-34-62(83-9)35-29-58/h10-47H,1-6,8-9H3/b12-10+,13-11+. The predicted molar refractivity (Wildman–Crippen MR) is 343 cm³/mol. The molecule has 10 aromatic carbocycles. The molecule has 0 radical (unpaired) electrons. The zero-order valence-corrected chi connectivity index (χ0v) is 48.0. The van der Waals surface area contributed by atoms with Crippen molar-refractivity contribution >= 4 is 64.1 Å². The van der Waals surface area contributed by atoms with E-state index in [9.17, 15) is 5.26 Å². The summed E-state index contributed by atoms with van der Waals surface area (Å²) in [6.07, 6.45) is 9.04. The number of methoxy groups -OCH3 is 2. The monoisotopic (exact) mass is 1070 g/mol. The molecule has 0 heterocycles. The second-order valence-electron chi connectivity index (χ2n) is 23.6. The minimum Gasteiger partial charge on any atom is -0.497 e. The van der Waals surface area contributed by atoms with Gasteiger partial charge in [-0.15, -0.1) is 0 Å². The van der Waals surface area contributed by atoms with Crippen LogP contribution in [-0.2, 0) is 16.2 Å². The number of hydrogen-bond acceptors (Lipinski definition) is 5. The molecule has 0 saturated carbocycles. The molecule has 6 heteroatoms. The van der Waals surface area contributed by atoms with Crippen molar-refractivity contribution in [3.05, 3.63) is 279 Å². The van der Waals surface area contributed by atoms with Gasteiger partial charge in [-0.3, -0.25) is 0 Å². The molecular formula is C77H62N4O2. The largest absolute Gasteiger partial charge is 0.497 e. The van der Waals surface area contributed by atoms with E-state index < -0.39 is 0 Å². The molecule has 0 spiro atoms. The van der Waals surface area contributed by atoms with Crippen LogP contribution in [0.4, 0.5) is 39.8 Å². The van der Waals surface area contributed by atoms with Gasteiger partial charge in [0.1, 0.15) is 11.5 Å². The SMILES string of the molecule is [C-]#[N+]c1ccc(N(c2ccc(OC)cc2)c2ccc3c(c2)C(C)(C)c2cc(/C=C/c4ccc5c(c4)C(C)(C)c4cc(/C=C/c6ccc7c(c6)C(C)(C)c6cc(N(c8ccc(C#N)cc8)c8ccc(OC)cc8)ccc6-7)ccc4-5)ccc2-3)cc1. The van der Waals surface area contributed by atoms with Crippen LogP contribution >= 0.6 is 0 Å². The van der Waals surface area contributed by atoms with Crippen molar-refractivity contribution in [2.75, 3.05) is 24.0 Å². The summed E-state index contributed by atoms with van der Waals surface area (Å²) in [5.74, 6) is 1.60. The first-order chi connectivity index (χ1) is 40.2. The Morgan fingerprint density at radius 1 is 0.361 bits per heavy atom. The first-order valence-corrected chi connectivity index (χ1v) is 28.3. The lowest BCUT2D eigenvalue weighted by atomic mass is 9.81. The van der Waals surface area contributed by atoms with Gasteiger partial charge >= 0.3 is 0 Å². The lowest BCUT2D eigenvalue weighted by Crippen LogP contribution is -2.16. The summed E-state index contributed by atoms with van der Waals surface area (Å²) >= 11 is 0. The zero-order chi connectivity index (χ0) is 57.4. The fraction of sp³-hybridized carbons (Fsp3) is 0.143. The van der Waals surface area contributed by atoms with Crippen molar-refractivity contribution in [1.29, 1.82) is 5.26 Å². The van der Waals surface area contributed by atoms with Crippen molar-refractivity contribution in [3.63, 3.8) is 0 Å². The van der Waals surface area contributed by atoms with Gasteiger partial charge in [0.25, 0.3) is 0 Å². The van der Waals surface area contributed by atoms with Crippen molar-refractivity contribution in [2.24, 2.45) is 0 Å². The molecule has 3 aliphatic carbocycles. The maximum atomic E-state index is 9.56. The molecule has 0 saturated heterocycles. The van der Waals surface area contributed by atoms with Gasteiger partial charge in [-0.25, -0.2) is 4.85 Å². The van der Waals surface area contributed by atoms with E-state index in [-0.39, 0.29) is 16.2 Å². The molecule has 10 aromatic rings. The molecule has 6 nitrogen and oxygen atoms in total. The van der Waals surface area contributed by atoms with Gasteiger partial charge in [-0.05, 0) is 198 Å². The maximum absolute atomic E-state index is 9.56. The topological polar surface area (TPSA) is 53.1 Å². The third kappa shape index (κ3) is 8.96. The molecule has 3 aliphatic rings. The van der Waals surface area contributed by atoms with E-state index in [0.29, 0.717) is 11.3 Å². The fourth-order valence-corrected chi connectivity index (χ4v) is 13.1. The minimum absolute atomic E-state index is 0.185. The average Bonchev–Trinajstić information content (AvgIpc) is 3.07. The number of anilines is 6. The molecule has 0 atom stereocenters. The molecule has 83 heavy (non-hydrogen) atoms. The molecule has 0 fully saturated rings. The second kappa shape index (κ2) is 20.1. The van der Waals surface area contributed by atoms with Crippen LogP contribution in [-0.4, -0.2) is 14.2 Å². The van der Waals surface area contributed by atoms with Crippen LogP contribution in [0, 0.1) is 17.9 Å². The second-order valence-corrected chi connectivity index (χ2v) is 23.6. The van der Waals surface area contributed by atoms with Crippen LogP contribution in [0.1, 0.15) is 103 Å². The fourth-order valence-electron chi connectivity index (χ4n) is 13.1. The highest BCUT2D eigenvalue weighted by molar-refractivity contribution is 5.90. The number of hydrogen-bond donors (Lipinski definition) is 0. The van der Waals surface area contributed by atoms with E-state index in [1.807, 2.05) is 72.8 Å². The first-order valence-electron chi connectivity index (χ1n) is 28.3. The highest BCUT2D eigenvalue weighted by Gasteiger charge is 2.39. The van der Waals surface area contributed by atoms with Gasteiger partial charge < -0.3 is 19.3 Å². The number of benzene rings is 10. The molecule has 0 aliphatic heterocycles. The summed E-state index contributed by atoms with van der Waals surface area (Å²) in [7, 11) is 3.37. The Bertz CT molecular complexity index is 4090. The highest BCUT2D eigenvalue weighted by Crippen LogP contribution is 2.54. The third-order valence-corrected chi connectivity index (χ3v) is 17.7. The number of nitriles is 1. The van der Waals surface area contributed by atoms with E-state index in [2.05, 4.69) is 220 Å². The number of fused-ring (bicyclic) bond motifs is 9. The molecule has 0 bridgehead atoms. The van der Waals surface area contributed by atoms with E-state index in [1.54, 1.807) is 14.2 Å². The van der Waals surface area contributed by atoms with Crippen LogP contribution in [0.2, 0.25) is 0 Å². The Balaban J connectivity index is 0.727. The van der Waals surface area contributed by atoms with Crippen LogP contribution in [0.15, 0.2) is 206 Å². The van der Waals surface area contributed by atoms with Gasteiger partial charge in [0.05, 0.1) is 32.4 Å². The van der Waals surface area contributed by atoms with Gasteiger partial charge in [-0.1, -0.05) is 163 Å². The minimum atomic E-state index is -0.242. The quantitative estimate of drug-likeness (QED) is 0.0901. The maximum Gasteiger partial charge on any atom is 0.187 e. The van der Waals surface area contributed by atoms with Gasteiger partial charge in [0.15, 0.2) is 5.69 Å². The molecular weight excluding hydrogens is 1010 g/mol. The molecule has 402 valence electrons. The summed E-state index contributed by atoms with van der Waals surface area (Å²) in [6, 6.07) is 75.4. The van der Waals surface area contributed by atoms with Gasteiger partial charge in [0, 0.05) is 50.4 Å². The first kappa shape index (κ1) is 52.2. The summed E-state index contributed by atoms with van der Waals surface area (Å²) in [5, 5.41) is 9.56. The Morgan fingerprint density at radius 3 is 0.916 bits per heavy atom. The van der Waals surface area contributed by atoms with Crippen molar-refractivity contribution in [2.45, 2.75) is 57.8 Å². The average molecular weight is 1080 g/mol. The third-order valence-electron chi connectivity index (χ3n) is 17.7. The number of rotatable bonds is 12. The van der Waals surface area contributed by atoms with Crippen LogP contribution in [0.25, 0.3) is 62.5 Å². The van der Waals surface area contributed by atoms with E-state index in [4.69, 9.17) is 16.0 Å². The molecule has 0 unspecified atom stereocenters. The number of ether oxygens (including phenoxy) is 2. The Morgan fingerprint density at radius 2 is 0.627 bits per heavy atom. The molecule has 0 N–H and O–H groups in total. The predicted octanol–water partition coefficient (Wildman–Crippen LogP) is 20.3. The molecule has 0 amide bonds. The summed E-state index contributed by atoms with van der Waals surface area (Å²) in [6.45, 7) is 21.6. The number of nitrogens with zero attached hydrogens (tertiary/aromatic N) is 4. The molecule has 0 aromatic heterocycles. The Hall–Kier alpha value is -10.1. The van der Waals surface area contributed by atoms with Crippen molar-refractivity contribution in [1.82, 2.24) is 0 Å². The summed E-state index contributed by atoms with van der Waals surface area (Å²) in [4.78, 5) is 8.13. The highest BCUT2D eigenvalue weighted by atomic mass is 16.5. The van der Waals surface area contributed by atoms with Crippen LogP contribution in [0.3, 0.4) is 0 Å². The Labute approximate surface area is 487 Å².